The van der Waals surface area contributed by atoms with Crippen LogP contribution in [0.2, 0.25) is 0 Å². The predicted octanol–water partition coefficient (Wildman–Crippen LogP) is 1.03. The fourth-order valence-corrected chi connectivity index (χ4v) is 3.33. The first-order valence-corrected chi connectivity index (χ1v) is 8.25. The van der Waals surface area contributed by atoms with Crippen LogP contribution in [0.3, 0.4) is 0 Å². The first-order chi connectivity index (χ1) is 10.7. The van der Waals surface area contributed by atoms with Crippen molar-refractivity contribution in [1.29, 1.82) is 0 Å². The number of rotatable bonds is 5. The molecule has 0 aromatic heterocycles. The Kier molecular flexibility index (Phi) is 4.66. The first-order valence-electron chi connectivity index (χ1n) is 8.25. The van der Waals surface area contributed by atoms with E-state index in [4.69, 9.17) is 4.74 Å². The van der Waals surface area contributed by atoms with E-state index in [1.54, 1.807) is 6.08 Å². The van der Waals surface area contributed by atoms with Gasteiger partial charge in [-0.25, -0.2) is 4.79 Å². The highest BCUT2D eigenvalue weighted by Crippen LogP contribution is 2.32. The molecule has 122 valence electrons. The molecular formula is C16H25N3O3. The number of urea groups is 1. The van der Waals surface area contributed by atoms with Crippen LogP contribution in [0.15, 0.2) is 12.7 Å². The van der Waals surface area contributed by atoms with Crippen molar-refractivity contribution in [3.63, 3.8) is 0 Å². The van der Waals surface area contributed by atoms with Crippen LogP contribution in [0.4, 0.5) is 4.79 Å². The van der Waals surface area contributed by atoms with Crippen LogP contribution in [0.1, 0.15) is 32.1 Å². The van der Waals surface area contributed by atoms with Crippen molar-refractivity contribution < 1.29 is 14.3 Å². The number of carbonyl (C=O) groups is 2. The molecule has 22 heavy (non-hydrogen) atoms. The van der Waals surface area contributed by atoms with Gasteiger partial charge in [-0.3, -0.25) is 4.79 Å². The van der Waals surface area contributed by atoms with Crippen molar-refractivity contribution >= 4 is 11.9 Å². The second-order valence-corrected chi connectivity index (χ2v) is 6.52. The summed E-state index contributed by atoms with van der Waals surface area (Å²) < 4.78 is 5.57. The summed E-state index contributed by atoms with van der Waals surface area (Å²) in [5.41, 5.74) is 0. The Morgan fingerprint density at radius 3 is 2.95 bits per heavy atom. The van der Waals surface area contributed by atoms with E-state index in [-0.39, 0.29) is 30.0 Å². The van der Waals surface area contributed by atoms with Crippen LogP contribution >= 0.6 is 0 Å². The third-order valence-corrected chi connectivity index (χ3v) is 4.69. The Balaban J connectivity index is 1.40. The van der Waals surface area contributed by atoms with E-state index in [0.29, 0.717) is 19.0 Å². The molecule has 3 fully saturated rings. The molecule has 2 aliphatic heterocycles. The Hall–Kier alpha value is -1.56. The van der Waals surface area contributed by atoms with Gasteiger partial charge in [-0.2, -0.15) is 0 Å². The fraction of sp³-hybridized carbons (Fsp3) is 0.750. The Morgan fingerprint density at radius 2 is 2.23 bits per heavy atom. The van der Waals surface area contributed by atoms with Gasteiger partial charge in [0, 0.05) is 38.1 Å². The molecule has 2 N–H and O–H groups in total. The number of likely N-dealkylation sites (tertiary alicyclic amines) is 1. The van der Waals surface area contributed by atoms with Crippen LogP contribution in [-0.2, 0) is 9.53 Å². The summed E-state index contributed by atoms with van der Waals surface area (Å²) in [5.74, 6) is 0.471. The summed E-state index contributed by atoms with van der Waals surface area (Å²) in [6.45, 7) is 5.80. The standard InChI is InChI=1S/C16H25N3O3/c1-2-14-13(4-3-7-22-14)18-16(21)17-9-11-8-15(20)19(10-11)12-5-6-12/h2,11-14H,1,3-10H2,(H2,17,18,21)/t11?,13-,14+/m1/s1. The van der Waals surface area contributed by atoms with E-state index in [0.717, 1.165) is 38.8 Å². The molecular weight excluding hydrogens is 282 g/mol. The lowest BCUT2D eigenvalue weighted by molar-refractivity contribution is -0.128. The summed E-state index contributed by atoms with van der Waals surface area (Å²) >= 11 is 0. The topological polar surface area (TPSA) is 70.7 Å². The summed E-state index contributed by atoms with van der Waals surface area (Å²) in [6, 6.07) is 0.276. The molecule has 2 saturated heterocycles. The van der Waals surface area contributed by atoms with Crippen LogP contribution in [0, 0.1) is 5.92 Å². The quantitative estimate of drug-likeness (QED) is 0.745. The summed E-state index contributed by atoms with van der Waals surface area (Å²) in [5, 5.41) is 5.85. The summed E-state index contributed by atoms with van der Waals surface area (Å²) in [6.07, 6.45) is 6.31. The maximum atomic E-state index is 12.0. The molecule has 1 aliphatic carbocycles. The van der Waals surface area contributed by atoms with E-state index in [1.165, 1.54) is 0 Å². The minimum absolute atomic E-state index is 0.0144. The Bertz CT molecular complexity index is 450. The maximum Gasteiger partial charge on any atom is 0.315 e. The lowest BCUT2D eigenvalue weighted by atomic mass is 10.0. The van der Waals surface area contributed by atoms with E-state index in [1.807, 2.05) is 4.90 Å². The van der Waals surface area contributed by atoms with Gasteiger partial charge in [0.1, 0.15) is 0 Å². The molecule has 0 radical (unpaired) electrons. The number of carbonyl (C=O) groups excluding carboxylic acids is 2. The molecule has 1 saturated carbocycles. The minimum atomic E-state index is -0.181. The molecule has 0 spiro atoms. The largest absolute Gasteiger partial charge is 0.372 e. The molecule has 0 bridgehead atoms. The van der Waals surface area contributed by atoms with Gasteiger partial charge in [0.2, 0.25) is 5.91 Å². The average Bonchev–Trinajstić information content (AvgIpc) is 3.29. The SMILES string of the molecule is C=C[C@@H]1OCCC[C@H]1NC(=O)NCC1CC(=O)N(C2CC2)C1. The van der Waals surface area contributed by atoms with Gasteiger partial charge in [-0.1, -0.05) is 6.08 Å². The zero-order valence-corrected chi connectivity index (χ0v) is 12.9. The fourth-order valence-electron chi connectivity index (χ4n) is 3.33. The highest BCUT2D eigenvalue weighted by atomic mass is 16.5. The van der Waals surface area contributed by atoms with Gasteiger partial charge in [0.05, 0.1) is 12.1 Å². The lowest BCUT2D eigenvalue weighted by Gasteiger charge is -2.30. The number of nitrogens with one attached hydrogen (secondary N) is 2. The molecule has 3 amide bonds. The number of nitrogens with zero attached hydrogens (tertiary/aromatic N) is 1. The van der Waals surface area contributed by atoms with E-state index in [9.17, 15) is 9.59 Å². The van der Waals surface area contributed by atoms with Crippen LogP contribution in [0.25, 0.3) is 0 Å². The molecule has 3 aliphatic rings. The van der Waals surface area contributed by atoms with Gasteiger partial charge in [0.15, 0.2) is 0 Å². The average molecular weight is 307 g/mol. The molecule has 1 unspecified atom stereocenters. The predicted molar refractivity (Wildman–Crippen MR) is 82.3 cm³/mol. The maximum absolute atomic E-state index is 12.0. The molecule has 3 rings (SSSR count). The number of hydrogen-bond acceptors (Lipinski definition) is 3. The zero-order chi connectivity index (χ0) is 15.5. The number of amides is 3. The highest BCUT2D eigenvalue weighted by molar-refractivity contribution is 5.79. The minimum Gasteiger partial charge on any atom is -0.372 e. The highest BCUT2D eigenvalue weighted by Gasteiger charge is 2.39. The van der Waals surface area contributed by atoms with Gasteiger partial charge < -0.3 is 20.3 Å². The Labute approximate surface area is 131 Å². The summed E-state index contributed by atoms with van der Waals surface area (Å²) in [4.78, 5) is 25.9. The second-order valence-electron chi connectivity index (χ2n) is 6.52. The van der Waals surface area contributed by atoms with Crippen molar-refractivity contribution in [2.24, 2.45) is 5.92 Å². The summed E-state index contributed by atoms with van der Waals surface area (Å²) in [7, 11) is 0. The smallest absolute Gasteiger partial charge is 0.315 e. The van der Waals surface area contributed by atoms with Crippen molar-refractivity contribution in [2.45, 2.75) is 50.3 Å². The van der Waals surface area contributed by atoms with Gasteiger partial charge in [0.25, 0.3) is 0 Å². The molecule has 3 atom stereocenters. The number of ether oxygens (including phenoxy) is 1. The molecule has 6 nitrogen and oxygen atoms in total. The zero-order valence-electron chi connectivity index (χ0n) is 12.9. The van der Waals surface area contributed by atoms with Crippen molar-refractivity contribution in [3.05, 3.63) is 12.7 Å². The molecule has 6 heteroatoms. The lowest BCUT2D eigenvalue weighted by Crippen LogP contribution is -2.50. The van der Waals surface area contributed by atoms with Crippen molar-refractivity contribution in [3.8, 4) is 0 Å². The second kappa shape index (κ2) is 6.69. The van der Waals surface area contributed by atoms with Crippen LogP contribution in [-0.4, -0.2) is 54.7 Å². The van der Waals surface area contributed by atoms with E-state index < -0.39 is 0 Å². The van der Waals surface area contributed by atoms with Gasteiger partial charge in [-0.05, 0) is 25.7 Å². The molecule has 2 heterocycles. The van der Waals surface area contributed by atoms with E-state index in [2.05, 4.69) is 17.2 Å². The third kappa shape index (κ3) is 3.61. The van der Waals surface area contributed by atoms with Crippen molar-refractivity contribution in [1.82, 2.24) is 15.5 Å². The number of hydrogen-bond donors (Lipinski definition) is 2. The molecule has 0 aromatic carbocycles. The normalized spacial score (nSPS) is 31.9. The van der Waals surface area contributed by atoms with Gasteiger partial charge >= 0.3 is 6.03 Å². The van der Waals surface area contributed by atoms with Gasteiger partial charge in [-0.15, -0.1) is 6.58 Å². The molecule has 0 aromatic rings. The Morgan fingerprint density at radius 1 is 1.41 bits per heavy atom. The van der Waals surface area contributed by atoms with E-state index >= 15 is 0 Å². The first kappa shape index (κ1) is 15.3. The van der Waals surface area contributed by atoms with Crippen LogP contribution < -0.4 is 10.6 Å². The van der Waals surface area contributed by atoms with Crippen molar-refractivity contribution in [2.75, 3.05) is 19.7 Å². The monoisotopic (exact) mass is 307 g/mol. The third-order valence-electron chi connectivity index (χ3n) is 4.69. The van der Waals surface area contributed by atoms with Crippen LogP contribution in [0.5, 0.6) is 0 Å².